The van der Waals surface area contributed by atoms with Crippen molar-refractivity contribution in [2.24, 2.45) is 0 Å². The maximum Gasteiger partial charge on any atom is 0.242 e. The van der Waals surface area contributed by atoms with Crippen LogP contribution in [0.2, 0.25) is 0 Å². The van der Waals surface area contributed by atoms with Crippen LogP contribution in [-0.2, 0) is 11.3 Å². The molecule has 1 aliphatic heterocycles. The average molecular weight is 314 g/mol. The fraction of sp³-hybridized carbons (Fsp3) is 0.444. The van der Waals surface area contributed by atoms with E-state index in [0.717, 1.165) is 48.9 Å². The fourth-order valence-corrected chi connectivity index (χ4v) is 3.17. The van der Waals surface area contributed by atoms with E-state index >= 15 is 0 Å². The molecule has 23 heavy (non-hydrogen) atoms. The van der Waals surface area contributed by atoms with Gasteiger partial charge in [0.15, 0.2) is 6.29 Å². The maximum absolute atomic E-state index is 12.5. The Kier molecular flexibility index (Phi) is 4.65. The molecule has 1 aliphatic rings. The molecular formula is C18H22N2O3. The van der Waals surface area contributed by atoms with Crippen molar-refractivity contribution in [3.63, 3.8) is 0 Å². The molecule has 122 valence electrons. The van der Waals surface area contributed by atoms with Crippen molar-refractivity contribution in [2.45, 2.75) is 32.7 Å². The molecule has 0 atom stereocenters. The van der Waals surface area contributed by atoms with Gasteiger partial charge in [-0.25, -0.2) is 0 Å². The molecule has 1 aromatic carbocycles. The second kappa shape index (κ2) is 6.86. The van der Waals surface area contributed by atoms with E-state index in [1.807, 2.05) is 34.6 Å². The van der Waals surface area contributed by atoms with Crippen molar-refractivity contribution in [3.8, 4) is 5.75 Å². The highest BCUT2D eigenvalue weighted by Crippen LogP contribution is 2.25. The number of carbonyl (C=O) groups excluding carboxylic acids is 2. The van der Waals surface area contributed by atoms with Crippen LogP contribution in [0.5, 0.6) is 5.75 Å². The molecule has 3 rings (SSSR count). The van der Waals surface area contributed by atoms with Crippen LogP contribution in [0.3, 0.4) is 0 Å². The van der Waals surface area contributed by atoms with Crippen LogP contribution in [-0.4, -0.2) is 41.4 Å². The average Bonchev–Trinajstić information content (AvgIpc) is 2.93. The Hall–Kier alpha value is -2.30. The van der Waals surface area contributed by atoms with Gasteiger partial charge in [-0.1, -0.05) is 0 Å². The lowest BCUT2D eigenvalue weighted by Gasteiger charge is -2.27. The van der Waals surface area contributed by atoms with Crippen molar-refractivity contribution in [3.05, 3.63) is 30.0 Å². The number of nitrogens with zero attached hydrogens (tertiary/aromatic N) is 2. The van der Waals surface area contributed by atoms with Crippen LogP contribution in [0, 0.1) is 0 Å². The Bertz CT molecular complexity index is 714. The minimum atomic E-state index is 0.118. The highest BCUT2D eigenvalue weighted by molar-refractivity contribution is 5.98. The van der Waals surface area contributed by atoms with E-state index in [9.17, 15) is 9.59 Å². The van der Waals surface area contributed by atoms with Crippen molar-refractivity contribution in [2.75, 3.05) is 19.7 Å². The highest BCUT2D eigenvalue weighted by atomic mass is 16.5. The standard InChI is InChI=1S/C18H22N2O3/c1-2-23-15-6-7-17-16(10-15)14(13-21)11-20(17)12-18(22)19-8-4-3-5-9-19/h6-7,10-11,13H,2-5,8-9,12H2,1H3. The molecule has 0 saturated carbocycles. The number of piperidine rings is 1. The molecule has 0 unspecified atom stereocenters. The Morgan fingerprint density at radius 1 is 1.26 bits per heavy atom. The van der Waals surface area contributed by atoms with E-state index in [1.165, 1.54) is 6.42 Å². The minimum Gasteiger partial charge on any atom is -0.494 e. The number of ether oxygens (including phenoxy) is 1. The summed E-state index contributed by atoms with van der Waals surface area (Å²) < 4.78 is 7.37. The molecule has 1 aromatic heterocycles. The zero-order valence-electron chi connectivity index (χ0n) is 13.5. The molecule has 2 aromatic rings. The quantitative estimate of drug-likeness (QED) is 0.797. The zero-order chi connectivity index (χ0) is 16.2. The predicted octanol–water partition coefficient (Wildman–Crippen LogP) is 2.87. The van der Waals surface area contributed by atoms with Gasteiger partial charge in [-0.2, -0.15) is 0 Å². The summed E-state index contributed by atoms with van der Waals surface area (Å²) in [6.45, 7) is 4.46. The largest absolute Gasteiger partial charge is 0.494 e. The molecule has 5 heteroatoms. The first-order chi connectivity index (χ1) is 11.2. The molecule has 0 N–H and O–H groups in total. The lowest BCUT2D eigenvalue weighted by molar-refractivity contribution is -0.132. The molecule has 0 aliphatic carbocycles. The monoisotopic (exact) mass is 314 g/mol. The third kappa shape index (κ3) is 3.23. The Labute approximate surface area is 135 Å². The van der Waals surface area contributed by atoms with Crippen LogP contribution in [0.1, 0.15) is 36.5 Å². The molecule has 1 amide bonds. The Morgan fingerprint density at radius 3 is 2.74 bits per heavy atom. The number of hydrogen-bond acceptors (Lipinski definition) is 3. The van der Waals surface area contributed by atoms with E-state index in [2.05, 4.69) is 0 Å². The molecule has 1 fully saturated rings. The van der Waals surface area contributed by atoms with E-state index < -0.39 is 0 Å². The first-order valence-corrected chi connectivity index (χ1v) is 8.21. The van der Waals surface area contributed by atoms with Gasteiger partial charge in [0.2, 0.25) is 5.91 Å². The van der Waals surface area contributed by atoms with Gasteiger partial charge in [0.25, 0.3) is 0 Å². The van der Waals surface area contributed by atoms with Gasteiger partial charge in [-0.15, -0.1) is 0 Å². The lowest BCUT2D eigenvalue weighted by atomic mass is 10.1. The summed E-state index contributed by atoms with van der Waals surface area (Å²) in [6.07, 6.45) is 5.95. The van der Waals surface area contributed by atoms with Crippen LogP contribution in [0.15, 0.2) is 24.4 Å². The number of hydrogen-bond donors (Lipinski definition) is 0. The van der Waals surface area contributed by atoms with Gasteiger partial charge in [0.1, 0.15) is 12.3 Å². The van der Waals surface area contributed by atoms with Gasteiger partial charge in [0.05, 0.1) is 6.61 Å². The van der Waals surface area contributed by atoms with Crippen molar-refractivity contribution in [1.82, 2.24) is 9.47 Å². The summed E-state index contributed by atoms with van der Waals surface area (Å²) in [7, 11) is 0. The molecule has 0 spiro atoms. The topological polar surface area (TPSA) is 51.5 Å². The van der Waals surface area contributed by atoms with E-state index in [-0.39, 0.29) is 12.5 Å². The minimum absolute atomic E-state index is 0.118. The summed E-state index contributed by atoms with van der Waals surface area (Å²) in [5, 5.41) is 0.831. The number of benzene rings is 1. The van der Waals surface area contributed by atoms with Crippen molar-refractivity contribution >= 4 is 23.1 Å². The Balaban J connectivity index is 1.88. The summed E-state index contributed by atoms with van der Waals surface area (Å²) in [4.78, 5) is 25.7. The first kappa shape index (κ1) is 15.6. The van der Waals surface area contributed by atoms with E-state index in [0.29, 0.717) is 12.2 Å². The summed E-state index contributed by atoms with van der Waals surface area (Å²) in [5.74, 6) is 0.858. The van der Waals surface area contributed by atoms with Gasteiger partial charge in [-0.05, 0) is 44.4 Å². The van der Waals surface area contributed by atoms with E-state index in [1.54, 1.807) is 6.20 Å². The number of carbonyl (C=O) groups is 2. The molecule has 5 nitrogen and oxygen atoms in total. The van der Waals surface area contributed by atoms with Gasteiger partial charge in [0, 0.05) is 35.8 Å². The summed E-state index contributed by atoms with van der Waals surface area (Å²) >= 11 is 0. The maximum atomic E-state index is 12.5. The molecule has 0 radical (unpaired) electrons. The molecule has 1 saturated heterocycles. The van der Waals surface area contributed by atoms with Crippen LogP contribution in [0.4, 0.5) is 0 Å². The lowest BCUT2D eigenvalue weighted by Crippen LogP contribution is -2.37. The van der Waals surface area contributed by atoms with Gasteiger partial charge in [-0.3, -0.25) is 9.59 Å². The van der Waals surface area contributed by atoms with E-state index in [4.69, 9.17) is 4.74 Å². The summed E-state index contributed by atoms with van der Waals surface area (Å²) in [5.41, 5.74) is 1.48. The fourth-order valence-electron chi connectivity index (χ4n) is 3.17. The number of aromatic nitrogens is 1. The third-order valence-electron chi connectivity index (χ3n) is 4.34. The van der Waals surface area contributed by atoms with Crippen molar-refractivity contribution < 1.29 is 14.3 Å². The van der Waals surface area contributed by atoms with Crippen LogP contribution >= 0.6 is 0 Å². The third-order valence-corrected chi connectivity index (χ3v) is 4.34. The second-order valence-corrected chi connectivity index (χ2v) is 5.88. The number of rotatable bonds is 5. The van der Waals surface area contributed by atoms with Gasteiger partial charge < -0.3 is 14.2 Å². The normalized spacial score (nSPS) is 14.9. The number of likely N-dealkylation sites (tertiary alicyclic amines) is 1. The zero-order valence-corrected chi connectivity index (χ0v) is 13.5. The second-order valence-electron chi connectivity index (χ2n) is 5.88. The van der Waals surface area contributed by atoms with Gasteiger partial charge >= 0.3 is 0 Å². The van der Waals surface area contributed by atoms with Crippen LogP contribution in [0.25, 0.3) is 10.9 Å². The smallest absolute Gasteiger partial charge is 0.242 e. The molecular weight excluding hydrogens is 292 g/mol. The predicted molar refractivity (Wildman–Crippen MR) is 88.9 cm³/mol. The first-order valence-electron chi connectivity index (χ1n) is 8.21. The number of aldehydes is 1. The van der Waals surface area contributed by atoms with Crippen LogP contribution < -0.4 is 4.74 Å². The molecule has 2 heterocycles. The SMILES string of the molecule is CCOc1ccc2c(c1)c(C=O)cn2CC(=O)N1CCCCC1. The number of amides is 1. The summed E-state index contributed by atoms with van der Waals surface area (Å²) in [6, 6.07) is 5.66. The Morgan fingerprint density at radius 2 is 2.04 bits per heavy atom. The highest BCUT2D eigenvalue weighted by Gasteiger charge is 2.18. The molecule has 0 bridgehead atoms. The van der Waals surface area contributed by atoms with Crippen molar-refractivity contribution in [1.29, 1.82) is 0 Å². The number of fused-ring (bicyclic) bond motifs is 1.